The highest BCUT2D eigenvalue weighted by Gasteiger charge is 2.27. The zero-order valence-corrected chi connectivity index (χ0v) is 22.2. The van der Waals surface area contributed by atoms with E-state index in [0.29, 0.717) is 23.2 Å². The van der Waals surface area contributed by atoms with Crippen LogP contribution in [-0.2, 0) is 0 Å². The minimum Gasteiger partial charge on any atom is -0.368 e. The van der Waals surface area contributed by atoms with Crippen molar-refractivity contribution in [1.82, 2.24) is 10.2 Å². The summed E-state index contributed by atoms with van der Waals surface area (Å²) in [5.41, 5.74) is 5.08. The lowest BCUT2D eigenvalue weighted by Crippen LogP contribution is -2.46. The van der Waals surface area contributed by atoms with Crippen LogP contribution in [0.2, 0.25) is 0 Å². The molecule has 1 amide bonds. The fourth-order valence-electron chi connectivity index (χ4n) is 5.63. The maximum atomic E-state index is 12.7. The van der Waals surface area contributed by atoms with E-state index in [1.165, 1.54) is 16.5 Å². The number of fused-ring (bicyclic) bond motifs is 4. The molecule has 6 rings (SSSR count). The molecule has 1 saturated heterocycles. The van der Waals surface area contributed by atoms with Gasteiger partial charge in [-0.05, 0) is 54.1 Å². The third-order valence-corrected chi connectivity index (χ3v) is 7.65. The van der Waals surface area contributed by atoms with E-state index in [1.807, 2.05) is 36.4 Å². The van der Waals surface area contributed by atoms with Crippen molar-refractivity contribution in [2.75, 3.05) is 44.2 Å². The molecule has 0 atom stereocenters. The summed E-state index contributed by atoms with van der Waals surface area (Å²) in [7, 11) is 0. The Labute approximate surface area is 229 Å². The van der Waals surface area contributed by atoms with Gasteiger partial charge in [0.05, 0.1) is 0 Å². The number of halogens is 1. The number of anilines is 1. The highest BCUT2D eigenvalue weighted by atomic mass is 35.5. The van der Waals surface area contributed by atoms with Gasteiger partial charge in [-0.15, -0.1) is 12.4 Å². The van der Waals surface area contributed by atoms with Gasteiger partial charge in [-0.25, -0.2) is 0 Å². The maximum Gasteiger partial charge on any atom is 0.251 e. The van der Waals surface area contributed by atoms with Crippen molar-refractivity contribution in [2.24, 2.45) is 0 Å². The Morgan fingerprint density at radius 1 is 0.737 bits per heavy atom. The van der Waals surface area contributed by atoms with Gasteiger partial charge in [-0.3, -0.25) is 14.5 Å². The van der Waals surface area contributed by atoms with E-state index in [2.05, 4.69) is 57.6 Å². The molecule has 4 aromatic carbocycles. The van der Waals surface area contributed by atoms with Crippen LogP contribution in [0.25, 0.3) is 21.9 Å². The van der Waals surface area contributed by atoms with Crippen molar-refractivity contribution in [1.29, 1.82) is 0 Å². The fraction of sp³-hybridized carbons (Fsp3) is 0.250. The predicted octanol–water partition coefficient (Wildman–Crippen LogP) is 5.81. The van der Waals surface area contributed by atoms with Crippen molar-refractivity contribution < 1.29 is 9.59 Å². The standard InChI is InChI=1S/C32H31N3O2.ClH/c36-31-28-12-4-3-11-26(28)27-15-14-24(22-29(27)31)32(37)33-16-5-6-17-34-18-20-35(21-19-34)30-13-7-9-23-8-1-2-10-25(23)30;/h1-4,7-15,22H,5-6,16-21H2,(H,33,37);1H. The predicted molar refractivity (Wildman–Crippen MR) is 157 cm³/mol. The number of carbonyl (C=O) groups is 2. The number of hydrogen-bond acceptors (Lipinski definition) is 4. The molecule has 0 spiro atoms. The number of carbonyl (C=O) groups excluding carboxylic acids is 2. The van der Waals surface area contributed by atoms with Gasteiger partial charge in [0.25, 0.3) is 5.91 Å². The first-order valence-corrected chi connectivity index (χ1v) is 13.2. The molecule has 6 heteroatoms. The Kier molecular flexibility index (Phi) is 7.77. The van der Waals surface area contributed by atoms with Crippen LogP contribution in [0.3, 0.4) is 0 Å². The SMILES string of the molecule is Cl.O=C(NCCCCN1CCN(c2cccc3ccccc23)CC1)c1ccc2c(c1)C(=O)c1ccccc1-2. The van der Waals surface area contributed by atoms with Crippen LogP contribution >= 0.6 is 12.4 Å². The highest BCUT2D eigenvalue weighted by Crippen LogP contribution is 2.36. The molecular formula is C32H32ClN3O2. The second-order valence-electron chi connectivity index (χ2n) is 9.93. The van der Waals surface area contributed by atoms with E-state index in [-0.39, 0.29) is 24.1 Å². The summed E-state index contributed by atoms with van der Waals surface area (Å²) in [5, 5.41) is 5.65. The molecule has 194 valence electrons. The van der Waals surface area contributed by atoms with Crippen molar-refractivity contribution in [3.05, 3.63) is 102 Å². The number of benzene rings is 4. The third kappa shape index (κ3) is 5.04. The molecule has 5 nitrogen and oxygen atoms in total. The molecule has 0 saturated carbocycles. The Morgan fingerprint density at radius 3 is 2.29 bits per heavy atom. The lowest BCUT2D eigenvalue weighted by atomic mass is 10.0. The van der Waals surface area contributed by atoms with Gasteiger partial charge in [-0.1, -0.05) is 66.7 Å². The molecule has 0 aromatic heterocycles. The van der Waals surface area contributed by atoms with Crippen molar-refractivity contribution in [3.63, 3.8) is 0 Å². The smallest absolute Gasteiger partial charge is 0.251 e. The van der Waals surface area contributed by atoms with Crippen molar-refractivity contribution in [2.45, 2.75) is 12.8 Å². The molecule has 0 radical (unpaired) electrons. The van der Waals surface area contributed by atoms with Gasteiger partial charge in [0, 0.05) is 60.5 Å². The van der Waals surface area contributed by atoms with Crippen LogP contribution in [0.5, 0.6) is 0 Å². The van der Waals surface area contributed by atoms with Gasteiger partial charge in [0.1, 0.15) is 0 Å². The maximum absolute atomic E-state index is 12.7. The number of ketones is 1. The minimum absolute atomic E-state index is 0. The Balaban J connectivity index is 0.00000294. The number of nitrogens with one attached hydrogen (secondary N) is 1. The summed E-state index contributed by atoms with van der Waals surface area (Å²) in [6.07, 6.45) is 1.98. The number of rotatable bonds is 7. The van der Waals surface area contributed by atoms with Crippen LogP contribution in [0.1, 0.15) is 39.1 Å². The van der Waals surface area contributed by atoms with E-state index in [0.717, 1.165) is 56.7 Å². The van der Waals surface area contributed by atoms with Crippen LogP contribution in [0.15, 0.2) is 84.9 Å². The Bertz CT molecular complexity index is 1470. The summed E-state index contributed by atoms with van der Waals surface area (Å²) in [6, 6.07) is 28.2. The minimum atomic E-state index is -0.116. The van der Waals surface area contributed by atoms with Gasteiger partial charge in [-0.2, -0.15) is 0 Å². The first-order chi connectivity index (χ1) is 18.2. The van der Waals surface area contributed by atoms with Gasteiger partial charge in [0.2, 0.25) is 0 Å². The van der Waals surface area contributed by atoms with Crippen molar-refractivity contribution >= 4 is 40.6 Å². The van der Waals surface area contributed by atoms with E-state index in [1.54, 1.807) is 6.07 Å². The first-order valence-electron chi connectivity index (χ1n) is 13.2. The number of hydrogen-bond donors (Lipinski definition) is 1. The highest BCUT2D eigenvalue weighted by molar-refractivity contribution is 6.22. The monoisotopic (exact) mass is 525 g/mol. The van der Waals surface area contributed by atoms with E-state index in [9.17, 15) is 9.59 Å². The molecule has 0 unspecified atom stereocenters. The van der Waals surface area contributed by atoms with E-state index >= 15 is 0 Å². The summed E-state index contributed by atoms with van der Waals surface area (Å²) in [5.74, 6) is -0.115. The second-order valence-corrected chi connectivity index (χ2v) is 9.93. The quantitative estimate of drug-likeness (QED) is 0.273. The molecule has 1 fully saturated rings. The number of amides is 1. The average molecular weight is 526 g/mol. The molecule has 2 aliphatic rings. The molecule has 4 aromatic rings. The van der Waals surface area contributed by atoms with E-state index < -0.39 is 0 Å². The summed E-state index contributed by atoms with van der Waals surface area (Å²) in [6.45, 7) is 5.87. The second kappa shape index (κ2) is 11.4. The van der Waals surface area contributed by atoms with E-state index in [4.69, 9.17) is 0 Å². The molecule has 1 heterocycles. The summed E-state index contributed by atoms with van der Waals surface area (Å²) >= 11 is 0. The first kappa shape index (κ1) is 26.0. The number of unbranched alkanes of at least 4 members (excludes halogenated alkanes) is 1. The van der Waals surface area contributed by atoms with Gasteiger partial charge < -0.3 is 10.2 Å². The zero-order valence-electron chi connectivity index (χ0n) is 21.4. The third-order valence-electron chi connectivity index (χ3n) is 7.65. The average Bonchev–Trinajstić information content (AvgIpc) is 3.24. The lowest BCUT2D eigenvalue weighted by molar-refractivity contribution is 0.0952. The molecule has 1 aliphatic heterocycles. The fourth-order valence-corrected chi connectivity index (χ4v) is 5.63. The summed E-state index contributed by atoms with van der Waals surface area (Å²) < 4.78 is 0. The van der Waals surface area contributed by atoms with Crippen LogP contribution in [0.4, 0.5) is 5.69 Å². The number of nitrogens with zero attached hydrogens (tertiary/aromatic N) is 2. The molecule has 1 N–H and O–H groups in total. The largest absolute Gasteiger partial charge is 0.368 e. The molecular weight excluding hydrogens is 494 g/mol. The topological polar surface area (TPSA) is 52.7 Å². The lowest BCUT2D eigenvalue weighted by Gasteiger charge is -2.36. The molecule has 0 bridgehead atoms. The van der Waals surface area contributed by atoms with Crippen molar-refractivity contribution in [3.8, 4) is 11.1 Å². The normalized spacial score (nSPS) is 14.6. The Hall–Kier alpha value is -3.67. The zero-order chi connectivity index (χ0) is 25.2. The summed E-state index contributed by atoms with van der Waals surface area (Å²) in [4.78, 5) is 30.5. The van der Waals surface area contributed by atoms with Gasteiger partial charge >= 0.3 is 0 Å². The number of piperazine rings is 1. The van der Waals surface area contributed by atoms with Crippen LogP contribution in [0, 0.1) is 0 Å². The van der Waals surface area contributed by atoms with Gasteiger partial charge in [0.15, 0.2) is 5.78 Å². The molecule has 38 heavy (non-hydrogen) atoms. The molecule has 1 aliphatic carbocycles. The Morgan fingerprint density at radius 2 is 1.45 bits per heavy atom. The van der Waals surface area contributed by atoms with Crippen LogP contribution in [-0.4, -0.2) is 55.9 Å². The van der Waals surface area contributed by atoms with Crippen LogP contribution < -0.4 is 10.2 Å².